The summed E-state index contributed by atoms with van der Waals surface area (Å²) in [5.74, 6) is 0. The molecule has 2 aliphatic heterocycles. The third-order valence-electron chi connectivity index (χ3n) is 5.01. The Morgan fingerprint density at radius 3 is 1.32 bits per heavy atom. The van der Waals surface area contributed by atoms with E-state index >= 15 is 0 Å². The van der Waals surface area contributed by atoms with E-state index in [9.17, 15) is 10.2 Å². The molecule has 0 atom stereocenters. The summed E-state index contributed by atoms with van der Waals surface area (Å²) >= 11 is 0. The van der Waals surface area contributed by atoms with Gasteiger partial charge in [0.05, 0.1) is 13.2 Å². The Bertz CT molecular complexity index is 446. The zero-order valence-electron chi connectivity index (χ0n) is 13.4. The summed E-state index contributed by atoms with van der Waals surface area (Å²) in [4.78, 5) is 4.74. The van der Waals surface area contributed by atoms with Crippen LogP contribution in [0, 0.1) is 0 Å². The van der Waals surface area contributed by atoms with Crippen LogP contribution in [0.4, 0.5) is 11.4 Å². The number of hydrogen-bond acceptors (Lipinski definition) is 4. The predicted molar refractivity (Wildman–Crippen MR) is 90.4 cm³/mol. The molecule has 4 nitrogen and oxygen atoms in total. The number of benzene rings is 1. The van der Waals surface area contributed by atoms with E-state index in [1.54, 1.807) is 0 Å². The van der Waals surface area contributed by atoms with Crippen molar-refractivity contribution in [2.45, 2.75) is 51.7 Å². The molecule has 0 bridgehead atoms. The number of anilines is 2. The van der Waals surface area contributed by atoms with Crippen LogP contribution in [-0.2, 0) is 13.2 Å². The molecule has 0 aromatic heterocycles. The van der Waals surface area contributed by atoms with Gasteiger partial charge in [-0.05, 0) is 50.7 Å². The molecule has 122 valence electrons. The third kappa shape index (κ3) is 3.23. The molecule has 2 N–H and O–H groups in total. The smallest absolute Gasteiger partial charge is 0.0702 e. The minimum absolute atomic E-state index is 0.0678. The molecule has 0 spiro atoms. The summed E-state index contributed by atoms with van der Waals surface area (Å²) in [5, 5.41) is 19.7. The molecule has 0 radical (unpaired) electrons. The van der Waals surface area contributed by atoms with Crippen molar-refractivity contribution in [3.05, 3.63) is 23.3 Å². The Morgan fingerprint density at radius 2 is 1.00 bits per heavy atom. The Kier molecular flexibility index (Phi) is 5.21. The van der Waals surface area contributed by atoms with Gasteiger partial charge in [-0.25, -0.2) is 0 Å². The van der Waals surface area contributed by atoms with Crippen LogP contribution in [0.15, 0.2) is 12.1 Å². The molecular weight excluding hydrogens is 276 g/mol. The lowest BCUT2D eigenvalue weighted by atomic mass is 10.0. The van der Waals surface area contributed by atoms with Crippen molar-refractivity contribution in [3.63, 3.8) is 0 Å². The summed E-state index contributed by atoms with van der Waals surface area (Å²) < 4.78 is 0. The summed E-state index contributed by atoms with van der Waals surface area (Å²) in [6, 6.07) is 4.22. The SMILES string of the molecule is OCc1cc(N2CCCCC2)c(CO)cc1N1CCCCC1. The first kappa shape index (κ1) is 15.6. The van der Waals surface area contributed by atoms with Gasteiger partial charge in [0.25, 0.3) is 0 Å². The molecule has 2 heterocycles. The fraction of sp³-hybridized carbons (Fsp3) is 0.667. The maximum Gasteiger partial charge on any atom is 0.0702 e. The minimum Gasteiger partial charge on any atom is -0.392 e. The van der Waals surface area contributed by atoms with E-state index in [4.69, 9.17) is 0 Å². The van der Waals surface area contributed by atoms with E-state index in [0.717, 1.165) is 48.7 Å². The summed E-state index contributed by atoms with van der Waals surface area (Å²) in [5.41, 5.74) is 4.23. The van der Waals surface area contributed by atoms with E-state index < -0.39 is 0 Å². The monoisotopic (exact) mass is 304 g/mol. The summed E-state index contributed by atoms with van der Waals surface area (Å²) in [7, 11) is 0. The molecule has 3 rings (SSSR count). The highest BCUT2D eigenvalue weighted by Crippen LogP contribution is 2.33. The molecular formula is C18H28N2O2. The highest BCUT2D eigenvalue weighted by atomic mass is 16.3. The Balaban J connectivity index is 1.94. The van der Waals surface area contributed by atoms with Gasteiger partial charge in [0, 0.05) is 48.7 Å². The molecule has 2 aliphatic rings. The average Bonchev–Trinajstić information content (AvgIpc) is 2.62. The van der Waals surface area contributed by atoms with Crippen LogP contribution in [-0.4, -0.2) is 36.4 Å². The van der Waals surface area contributed by atoms with Crippen molar-refractivity contribution >= 4 is 11.4 Å². The third-order valence-corrected chi connectivity index (χ3v) is 5.01. The second-order valence-electron chi connectivity index (χ2n) is 6.52. The molecule has 0 unspecified atom stereocenters. The van der Waals surface area contributed by atoms with Gasteiger partial charge in [-0.3, -0.25) is 0 Å². The normalized spacial score (nSPS) is 19.5. The highest BCUT2D eigenvalue weighted by Gasteiger charge is 2.20. The van der Waals surface area contributed by atoms with Gasteiger partial charge in [0.15, 0.2) is 0 Å². The van der Waals surface area contributed by atoms with E-state index in [2.05, 4.69) is 21.9 Å². The molecule has 1 aromatic rings. The molecule has 1 aromatic carbocycles. The van der Waals surface area contributed by atoms with Crippen molar-refractivity contribution in [2.75, 3.05) is 36.0 Å². The second kappa shape index (κ2) is 7.34. The van der Waals surface area contributed by atoms with Crippen LogP contribution in [0.1, 0.15) is 49.7 Å². The molecule has 2 fully saturated rings. The maximum absolute atomic E-state index is 9.83. The number of aliphatic hydroxyl groups excluding tert-OH is 2. The van der Waals surface area contributed by atoms with E-state index in [0.29, 0.717) is 0 Å². The predicted octanol–water partition coefficient (Wildman–Crippen LogP) is 2.65. The van der Waals surface area contributed by atoms with Crippen molar-refractivity contribution in [2.24, 2.45) is 0 Å². The van der Waals surface area contributed by atoms with E-state index in [1.165, 1.54) is 38.5 Å². The Labute approximate surface area is 133 Å². The number of rotatable bonds is 4. The number of piperidine rings is 2. The number of aliphatic hydroxyl groups is 2. The highest BCUT2D eigenvalue weighted by molar-refractivity contribution is 5.66. The quantitative estimate of drug-likeness (QED) is 0.898. The van der Waals surface area contributed by atoms with Crippen molar-refractivity contribution in [1.82, 2.24) is 0 Å². The van der Waals surface area contributed by atoms with Crippen molar-refractivity contribution < 1.29 is 10.2 Å². The molecule has 0 aliphatic carbocycles. The first-order valence-corrected chi connectivity index (χ1v) is 8.71. The van der Waals surface area contributed by atoms with E-state index in [-0.39, 0.29) is 13.2 Å². The van der Waals surface area contributed by atoms with E-state index in [1.807, 2.05) is 0 Å². The van der Waals surface area contributed by atoms with Gasteiger partial charge in [-0.2, -0.15) is 0 Å². The van der Waals surface area contributed by atoms with Crippen molar-refractivity contribution in [3.8, 4) is 0 Å². The standard InChI is InChI=1S/C18H28N2O2/c21-13-15-12-18(20-9-5-2-6-10-20)16(14-22)11-17(15)19-7-3-1-4-8-19/h11-12,21-22H,1-10,13-14H2. The fourth-order valence-electron chi connectivity index (χ4n) is 3.78. The topological polar surface area (TPSA) is 46.9 Å². The molecule has 22 heavy (non-hydrogen) atoms. The first-order chi connectivity index (χ1) is 10.8. The fourth-order valence-corrected chi connectivity index (χ4v) is 3.78. The number of hydrogen-bond donors (Lipinski definition) is 2. The number of nitrogens with zero attached hydrogens (tertiary/aromatic N) is 2. The molecule has 2 saturated heterocycles. The second-order valence-corrected chi connectivity index (χ2v) is 6.52. The van der Waals surface area contributed by atoms with Gasteiger partial charge in [-0.15, -0.1) is 0 Å². The lowest BCUT2D eigenvalue weighted by molar-refractivity contribution is 0.278. The van der Waals surface area contributed by atoms with Crippen molar-refractivity contribution in [1.29, 1.82) is 0 Å². The van der Waals surface area contributed by atoms with Gasteiger partial charge < -0.3 is 20.0 Å². The lowest BCUT2D eigenvalue weighted by Gasteiger charge is -2.34. The maximum atomic E-state index is 9.83. The van der Waals surface area contributed by atoms with Crippen LogP contribution in [0.3, 0.4) is 0 Å². The molecule has 0 saturated carbocycles. The Morgan fingerprint density at radius 1 is 0.636 bits per heavy atom. The van der Waals surface area contributed by atoms with Gasteiger partial charge in [0.2, 0.25) is 0 Å². The van der Waals surface area contributed by atoms with Crippen LogP contribution in [0.25, 0.3) is 0 Å². The first-order valence-electron chi connectivity index (χ1n) is 8.71. The van der Waals surface area contributed by atoms with Gasteiger partial charge in [0.1, 0.15) is 0 Å². The van der Waals surface area contributed by atoms with Crippen LogP contribution in [0.2, 0.25) is 0 Å². The minimum atomic E-state index is 0.0678. The molecule has 0 amide bonds. The average molecular weight is 304 g/mol. The van der Waals surface area contributed by atoms with Gasteiger partial charge in [-0.1, -0.05) is 0 Å². The van der Waals surface area contributed by atoms with Gasteiger partial charge >= 0.3 is 0 Å². The lowest BCUT2D eigenvalue weighted by Crippen LogP contribution is -2.32. The zero-order valence-corrected chi connectivity index (χ0v) is 13.4. The van der Waals surface area contributed by atoms with Crippen LogP contribution >= 0.6 is 0 Å². The van der Waals surface area contributed by atoms with Crippen LogP contribution < -0.4 is 9.80 Å². The Hall–Kier alpha value is -1.26. The van der Waals surface area contributed by atoms with Crippen LogP contribution in [0.5, 0.6) is 0 Å². The molecule has 4 heteroatoms. The summed E-state index contributed by atoms with van der Waals surface area (Å²) in [6.07, 6.45) is 7.45. The largest absolute Gasteiger partial charge is 0.392 e. The zero-order chi connectivity index (χ0) is 15.4. The summed E-state index contributed by atoms with van der Waals surface area (Å²) in [6.45, 7) is 4.36.